The lowest BCUT2D eigenvalue weighted by atomic mass is 9.94. The molecule has 0 saturated heterocycles. The predicted molar refractivity (Wildman–Crippen MR) is 115 cm³/mol. The Morgan fingerprint density at radius 3 is 2.21 bits per heavy atom. The number of carbonyl (C=O) groups is 2. The molecule has 29 heavy (non-hydrogen) atoms. The van der Waals surface area contributed by atoms with Crippen molar-refractivity contribution in [2.24, 2.45) is 0 Å². The molecule has 1 aliphatic heterocycles. The van der Waals surface area contributed by atoms with Gasteiger partial charge in [-0.25, -0.2) is 9.59 Å². The van der Waals surface area contributed by atoms with Gasteiger partial charge in [0.15, 0.2) is 5.11 Å². The summed E-state index contributed by atoms with van der Waals surface area (Å²) in [6, 6.07) is 6.48. The monoisotopic (exact) mass is 420 g/mol. The second-order valence-corrected chi connectivity index (χ2v) is 7.23. The Bertz CT molecular complexity index is 788. The molecule has 8 heteroatoms. The molecule has 0 saturated carbocycles. The molecule has 0 bridgehead atoms. The fourth-order valence-electron chi connectivity index (χ4n) is 3.48. The Morgan fingerprint density at radius 2 is 1.69 bits per heavy atom. The summed E-state index contributed by atoms with van der Waals surface area (Å²) in [4.78, 5) is 27.7. The molecule has 0 radical (unpaired) electrons. The first-order valence-corrected chi connectivity index (χ1v) is 10.2. The van der Waals surface area contributed by atoms with Crippen molar-refractivity contribution in [1.29, 1.82) is 0 Å². The number of nitrogens with one attached hydrogen (secondary N) is 2. The molecule has 0 unspecified atom stereocenters. The number of likely N-dealkylation sites (N-methyl/N-ethyl adjacent to an activating group) is 1. The van der Waals surface area contributed by atoms with Crippen LogP contribution in [0.1, 0.15) is 42.7 Å². The van der Waals surface area contributed by atoms with Crippen LogP contribution in [0.15, 0.2) is 35.5 Å². The number of allylic oxidation sites excluding steroid dienone is 1. The Morgan fingerprint density at radius 1 is 1.10 bits per heavy atom. The fourth-order valence-corrected chi connectivity index (χ4v) is 3.82. The van der Waals surface area contributed by atoms with E-state index in [1.165, 1.54) is 19.1 Å². The van der Waals surface area contributed by atoms with Gasteiger partial charge in [0, 0.05) is 5.70 Å². The van der Waals surface area contributed by atoms with Crippen LogP contribution in [0.25, 0.3) is 0 Å². The molecule has 1 atom stereocenters. The van der Waals surface area contributed by atoms with E-state index in [2.05, 4.69) is 19.2 Å². The van der Waals surface area contributed by atoms with Crippen LogP contribution in [0.2, 0.25) is 0 Å². The van der Waals surface area contributed by atoms with E-state index in [1.54, 1.807) is 24.3 Å². The van der Waals surface area contributed by atoms with Gasteiger partial charge < -0.3 is 24.6 Å². The van der Waals surface area contributed by atoms with Gasteiger partial charge in [0.25, 0.3) is 0 Å². The predicted octanol–water partition coefficient (Wildman–Crippen LogP) is 1.08. The molecule has 7 nitrogen and oxygen atoms in total. The third kappa shape index (κ3) is 5.13. The van der Waals surface area contributed by atoms with Crippen molar-refractivity contribution in [3.8, 4) is 0 Å². The first kappa shape index (κ1) is 22.8. The van der Waals surface area contributed by atoms with Crippen LogP contribution in [0.3, 0.4) is 0 Å². The maximum absolute atomic E-state index is 12.6. The largest absolute Gasteiger partial charge is 0.466 e. The lowest BCUT2D eigenvalue weighted by molar-refractivity contribution is -0.895. The number of carbonyl (C=O) groups excluding carboxylic acids is 2. The minimum absolute atomic E-state index is 0.403. The second-order valence-electron chi connectivity index (χ2n) is 6.85. The third-order valence-electron chi connectivity index (χ3n) is 5.36. The van der Waals surface area contributed by atoms with Crippen LogP contribution in [0.5, 0.6) is 0 Å². The topological polar surface area (TPSA) is 72.3 Å². The number of thiocarbonyl (C=S) groups is 1. The van der Waals surface area contributed by atoms with Crippen LogP contribution in [0.4, 0.5) is 0 Å². The minimum Gasteiger partial charge on any atom is -0.466 e. The number of rotatable bonds is 8. The molecular weight excluding hydrogens is 390 g/mol. The van der Waals surface area contributed by atoms with Crippen molar-refractivity contribution in [3.05, 3.63) is 46.7 Å². The average molecular weight is 421 g/mol. The molecule has 1 heterocycles. The summed E-state index contributed by atoms with van der Waals surface area (Å²) in [6.45, 7) is 9.90. The van der Waals surface area contributed by atoms with Crippen molar-refractivity contribution in [1.82, 2.24) is 10.2 Å². The first-order chi connectivity index (χ1) is 13.9. The quantitative estimate of drug-likeness (QED) is 0.482. The van der Waals surface area contributed by atoms with E-state index in [0.717, 1.165) is 30.9 Å². The highest BCUT2D eigenvalue weighted by molar-refractivity contribution is 7.80. The molecule has 0 fully saturated rings. The van der Waals surface area contributed by atoms with Gasteiger partial charge in [-0.3, -0.25) is 0 Å². The van der Waals surface area contributed by atoms with Gasteiger partial charge in [0.1, 0.15) is 0 Å². The Kier molecular flexibility index (Phi) is 8.16. The minimum atomic E-state index is -0.446. The van der Waals surface area contributed by atoms with Crippen LogP contribution < -0.4 is 10.2 Å². The van der Waals surface area contributed by atoms with Gasteiger partial charge in [-0.2, -0.15) is 0 Å². The van der Waals surface area contributed by atoms with E-state index in [4.69, 9.17) is 21.7 Å². The summed E-state index contributed by atoms with van der Waals surface area (Å²) in [6.07, 6.45) is 0. The zero-order valence-corrected chi connectivity index (χ0v) is 18.5. The summed E-state index contributed by atoms with van der Waals surface area (Å²) < 4.78 is 9.80. The number of methoxy groups -OCH3 is 2. The van der Waals surface area contributed by atoms with E-state index in [0.29, 0.717) is 22.8 Å². The SMILES string of the molecule is CC[NH+](CC)CCN1C(=S)N[C@@H](c2ccc(C(=O)OC)cc2)C(C(=O)OC)=C1C. The number of ether oxygens (including phenoxy) is 2. The number of quaternary nitrogens is 1. The molecule has 1 aromatic rings. The molecular formula is C21H30N3O4S+. The standard InChI is InChI=1S/C21H29N3O4S/c1-6-23(7-2)12-13-24-14(3)17(20(26)28-5)18(22-21(24)29)15-8-10-16(11-9-15)19(25)27-4/h8-11,18H,6-7,12-13H2,1-5H3,(H,22,29)/p+1/t18-/m0/s1. The molecule has 1 aliphatic rings. The lowest BCUT2D eigenvalue weighted by Crippen LogP contribution is -3.12. The van der Waals surface area contributed by atoms with Crippen molar-refractivity contribution < 1.29 is 24.0 Å². The summed E-state index contributed by atoms with van der Waals surface area (Å²) in [5, 5.41) is 3.85. The Labute approximate surface area is 177 Å². The normalized spacial score (nSPS) is 16.7. The molecule has 2 N–H and O–H groups in total. The number of hydrogen-bond donors (Lipinski definition) is 2. The van der Waals surface area contributed by atoms with E-state index in [9.17, 15) is 9.59 Å². The molecule has 0 aliphatic carbocycles. The maximum Gasteiger partial charge on any atom is 0.337 e. The van der Waals surface area contributed by atoms with Crippen LogP contribution in [-0.2, 0) is 14.3 Å². The van der Waals surface area contributed by atoms with Crippen LogP contribution in [0, 0.1) is 0 Å². The highest BCUT2D eigenvalue weighted by Crippen LogP contribution is 2.31. The third-order valence-corrected chi connectivity index (χ3v) is 5.69. The number of benzene rings is 1. The van der Waals surface area contributed by atoms with Gasteiger partial charge >= 0.3 is 11.9 Å². The summed E-state index contributed by atoms with van der Waals surface area (Å²) in [7, 11) is 2.71. The van der Waals surface area contributed by atoms with E-state index >= 15 is 0 Å². The first-order valence-electron chi connectivity index (χ1n) is 9.76. The van der Waals surface area contributed by atoms with E-state index in [-0.39, 0.29) is 0 Å². The van der Waals surface area contributed by atoms with Gasteiger partial charge in [-0.1, -0.05) is 12.1 Å². The zero-order valence-electron chi connectivity index (χ0n) is 17.7. The smallest absolute Gasteiger partial charge is 0.337 e. The van der Waals surface area contributed by atoms with E-state index in [1.807, 2.05) is 11.8 Å². The van der Waals surface area contributed by atoms with Crippen molar-refractivity contribution in [2.75, 3.05) is 40.4 Å². The van der Waals surface area contributed by atoms with Gasteiger partial charge in [-0.15, -0.1) is 0 Å². The van der Waals surface area contributed by atoms with Crippen LogP contribution >= 0.6 is 12.2 Å². The molecule has 1 aromatic carbocycles. The molecule has 0 amide bonds. The maximum atomic E-state index is 12.6. The Hall–Kier alpha value is -2.45. The highest BCUT2D eigenvalue weighted by Gasteiger charge is 2.34. The summed E-state index contributed by atoms with van der Waals surface area (Å²) in [5.41, 5.74) is 2.56. The average Bonchev–Trinajstić information content (AvgIpc) is 2.74. The summed E-state index contributed by atoms with van der Waals surface area (Å²) >= 11 is 5.61. The molecule has 0 aromatic heterocycles. The van der Waals surface area contributed by atoms with E-state index < -0.39 is 18.0 Å². The fraction of sp³-hybridized carbons (Fsp3) is 0.476. The number of nitrogens with zero attached hydrogens (tertiary/aromatic N) is 1. The number of hydrogen-bond acceptors (Lipinski definition) is 5. The molecule has 158 valence electrons. The van der Waals surface area contributed by atoms with Crippen LogP contribution in [-0.4, -0.2) is 62.3 Å². The summed E-state index contributed by atoms with van der Waals surface area (Å²) in [5.74, 6) is -0.812. The van der Waals surface area contributed by atoms with Gasteiger partial charge in [0.05, 0.1) is 57.6 Å². The highest BCUT2D eigenvalue weighted by atomic mass is 32.1. The Balaban J connectivity index is 2.37. The lowest BCUT2D eigenvalue weighted by Gasteiger charge is -2.37. The second kappa shape index (κ2) is 10.4. The molecule has 2 rings (SSSR count). The van der Waals surface area contributed by atoms with Crippen molar-refractivity contribution >= 4 is 29.3 Å². The molecule has 0 spiro atoms. The zero-order chi connectivity index (χ0) is 21.6. The van der Waals surface area contributed by atoms with Crippen molar-refractivity contribution in [3.63, 3.8) is 0 Å². The number of esters is 2. The van der Waals surface area contributed by atoms with Crippen molar-refractivity contribution in [2.45, 2.75) is 26.8 Å². The van der Waals surface area contributed by atoms with Gasteiger partial charge in [0.2, 0.25) is 0 Å². The van der Waals surface area contributed by atoms with Gasteiger partial charge in [-0.05, 0) is 50.7 Å².